The Morgan fingerprint density at radius 1 is 1.44 bits per heavy atom. The number of aliphatic carboxylic acids is 1. The lowest BCUT2D eigenvalue weighted by Crippen LogP contribution is -2.42. The van der Waals surface area contributed by atoms with Crippen molar-refractivity contribution in [2.45, 2.75) is 51.6 Å². The lowest BCUT2D eigenvalue weighted by Gasteiger charge is -2.30. The molecule has 2 rings (SSSR count). The Morgan fingerprint density at radius 2 is 2.22 bits per heavy atom. The molecule has 1 unspecified atom stereocenters. The van der Waals surface area contributed by atoms with E-state index in [-0.39, 0.29) is 6.04 Å². The number of carboxylic acid groups (broad SMARTS) is 1. The SMILES string of the molecule is Cc1ccoc1CN1CCCCCCC1C(=O)O. The summed E-state index contributed by atoms with van der Waals surface area (Å²) in [7, 11) is 0. The van der Waals surface area contributed by atoms with Gasteiger partial charge in [0.25, 0.3) is 0 Å². The molecular weight excluding hydrogens is 230 g/mol. The van der Waals surface area contributed by atoms with E-state index in [2.05, 4.69) is 0 Å². The molecule has 100 valence electrons. The van der Waals surface area contributed by atoms with Gasteiger partial charge in [0.1, 0.15) is 11.8 Å². The van der Waals surface area contributed by atoms with Crippen LogP contribution in [0.15, 0.2) is 16.7 Å². The van der Waals surface area contributed by atoms with Gasteiger partial charge in [-0.2, -0.15) is 0 Å². The van der Waals surface area contributed by atoms with Crippen LogP contribution in [0.5, 0.6) is 0 Å². The average molecular weight is 251 g/mol. The van der Waals surface area contributed by atoms with Gasteiger partial charge in [0.05, 0.1) is 12.8 Å². The van der Waals surface area contributed by atoms with Crippen molar-refractivity contribution in [3.8, 4) is 0 Å². The maximum Gasteiger partial charge on any atom is 0.320 e. The maximum absolute atomic E-state index is 11.4. The van der Waals surface area contributed by atoms with Crippen molar-refractivity contribution in [1.82, 2.24) is 4.90 Å². The van der Waals surface area contributed by atoms with Crippen LogP contribution in [0.4, 0.5) is 0 Å². The second-order valence-corrected chi connectivity index (χ2v) is 5.05. The van der Waals surface area contributed by atoms with Gasteiger partial charge in [-0.15, -0.1) is 0 Å². The predicted molar refractivity (Wildman–Crippen MR) is 68.4 cm³/mol. The lowest BCUT2D eigenvalue weighted by atomic mass is 10.0. The Hall–Kier alpha value is -1.29. The number of hydrogen-bond donors (Lipinski definition) is 1. The van der Waals surface area contributed by atoms with E-state index in [1.807, 2.05) is 17.9 Å². The fourth-order valence-corrected chi connectivity index (χ4v) is 2.56. The first kappa shape index (κ1) is 13.1. The summed E-state index contributed by atoms with van der Waals surface area (Å²) in [5.74, 6) is 0.183. The third-order valence-corrected chi connectivity index (χ3v) is 3.71. The Labute approximate surface area is 108 Å². The molecule has 1 aliphatic rings. The van der Waals surface area contributed by atoms with Crippen LogP contribution in [0.3, 0.4) is 0 Å². The summed E-state index contributed by atoms with van der Waals surface area (Å²) >= 11 is 0. The fraction of sp³-hybridized carbons (Fsp3) is 0.643. The van der Waals surface area contributed by atoms with Gasteiger partial charge in [-0.1, -0.05) is 19.3 Å². The van der Waals surface area contributed by atoms with Gasteiger partial charge in [0, 0.05) is 0 Å². The van der Waals surface area contributed by atoms with E-state index in [4.69, 9.17) is 4.42 Å². The van der Waals surface area contributed by atoms with Crippen molar-refractivity contribution in [3.05, 3.63) is 23.7 Å². The molecule has 0 spiro atoms. The molecule has 1 aliphatic heterocycles. The predicted octanol–water partition coefficient (Wildman–Crippen LogP) is 2.81. The molecule has 0 amide bonds. The van der Waals surface area contributed by atoms with Crippen molar-refractivity contribution >= 4 is 5.97 Å². The van der Waals surface area contributed by atoms with Crippen LogP contribution in [0.2, 0.25) is 0 Å². The van der Waals surface area contributed by atoms with Crippen LogP contribution < -0.4 is 0 Å². The topological polar surface area (TPSA) is 53.7 Å². The number of carboxylic acids is 1. The van der Waals surface area contributed by atoms with E-state index in [0.29, 0.717) is 6.54 Å². The molecule has 0 aromatic carbocycles. The number of carbonyl (C=O) groups is 1. The molecule has 1 N–H and O–H groups in total. The normalized spacial score (nSPS) is 22.4. The highest BCUT2D eigenvalue weighted by Gasteiger charge is 2.27. The van der Waals surface area contributed by atoms with Gasteiger partial charge < -0.3 is 9.52 Å². The summed E-state index contributed by atoms with van der Waals surface area (Å²) < 4.78 is 5.43. The van der Waals surface area contributed by atoms with Crippen LogP contribution in [-0.2, 0) is 11.3 Å². The van der Waals surface area contributed by atoms with Crippen molar-refractivity contribution in [2.24, 2.45) is 0 Å². The standard InChI is InChI=1S/C14H21NO3/c1-11-7-9-18-13(11)10-15-8-5-3-2-4-6-12(15)14(16)17/h7,9,12H,2-6,8,10H2,1H3,(H,16,17). The van der Waals surface area contributed by atoms with Gasteiger partial charge in [-0.05, 0) is 37.9 Å². The van der Waals surface area contributed by atoms with Crippen molar-refractivity contribution in [2.75, 3.05) is 6.54 Å². The monoisotopic (exact) mass is 251 g/mol. The second kappa shape index (κ2) is 6.05. The molecule has 4 heteroatoms. The molecule has 18 heavy (non-hydrogen) atoms. The maximum atomic E-state index is 11.4. The third kappa shape index (κ3) is 3.13. The lowest BCUT2D eigenvalue weighted by molar-refractivity contribution is -0.144. The number of aryl methyl sites for hydroxylation is 1. The molecule has 1 fully saturated rings. The van der Waals surface area contributed by atoms with E-state index in [9.17, 15) is 9.90 Å². The van der Waals surface area contributed by atoms with E-state index >= 15 is 0 Å². The molecule has 1 saturated heterocycles. The minimum atomic E-state index is -0.707. The smallest absolute Gasteiger partial charge is 0.320 e. The number of rotatable bonds is 3. The quantitative estimate of drug-likeness (QED) is 0.897. The van der Waals surface area contributed by atoms with Crippen LogP contribution in [0, 0.1) is 6.92 Å². The fourth-order valence-electron chi connectivity index (χ4n) is 2.56. The average Bonchev–Trinajstić information content (AvgIpc) is 2.68. The van der Waals surface area contributed by atoms with Crippen LogP contribution in [0.1, 0.15) is 43.4 Å². The highest BCUT2D eigenvalue weighted by molar-refractivity contribution is 5.73. The third-order valence-electron chi connectivity index (χ3n) is 3.71. The first-order valence-electron chi connectivity index (χ1n) is 6.68. The highest BCUT2D eigenvalue weighted by atomic mass is 16.4. The Kier molecular flexibility index (Phi) is 4.42. The molecule has 0 bridgehead atoms. The molecule has 1 aromatic heterocycles. The molecule has 2 heterocycles. The zero-order chi connectivity index (χ0) is 13.0. The summed E-state index contributed by atoms with van der Waals surface area (Å²) in [6.45, 7) is 3.45. The molecule has 1 aromatic rings. The van der Waals surface area contributed by atoms with E-state index in [1.165, 1.54) is 6.42 Å². The largest absolute Gasteiger partial charge is 0.480 e. The van der Waals surface area contributed by atoms with Gasteiger partial charge in [-0.3, -0.25) is 9.69 Å². The Balaban J connectivity index is 2.09. The minimum absolute atomic E-state index is 0.366. The van der Waals surface area contributed by atoms with Crippen molar-refractivity contribution in [3.63, 3.8) is 0 Å². The van der Waals surface area contributed by atoms with Crippen molar-refractivity contribution < 1.29 is 14.3 Å². The summed E-state index contributed by atoms with van der Waals surface area (Å²) in [6.07, 6.45) is 6.84. The Bertz CT molecular complexity index is 399. The van der Waals surface area contributed by atoms with E-state index in [0.717, 1.165) is 43.6 Å². The molecule has 1 atom stereocenters. The molecule has 0 aliphatic carbocycles. The van der Waals surface area contributed by atoms with Gasteiger partial charge in [-0.25, -0.2) is 0 Å². The molecular formula is C14H21NO3. The van der Waals surface area contributed by atoms with Crippen LogP contribution in [-0.4, -0.2) is 28.6 Å². The van der Waals surface area contributed by atoms with Gasteiger partial charge >= 0.3 is 5.97 Å². The van der Waals surface area contributed by atoms with E-state index in [1.54, 1.807) is 6.26 Å². The Morgan fingerprint density at radius 3 is 2.89 bits per heavy atom. The van der Waals surface area contributed by atoms with Crippen molar-refractivity contribution in [1.29, 1.82) is 0 Å². The number of furan rings is 1. The van der Waals surface area contributed by atoms with Gasteiger partial charge in [0.15, 0.2) is 0 Å². The second-order valence-electron chi connectivity index (χ2n) is 5.05. The summed E-state index contributed by atoms with van der Waals surface area (Å²) in [5, 5.41) is 9.35. The zero-order valence-corrected chi connectivity index (χ0v) is 10.9. The van der Waals surface area contributed by atoms with Gasteiger partial charge in [0.2, 0.25) is 0 Å². The summed E-state index contributed by atoms with van der Waals surface area (Å²) in [6, 6.07) is 1.56. The number of nitrogens with zero attached hydrogens (tertiary/aromatic N) is 1. The highest BCUT2D eigenvalue weighted by Crippen LogP contribution is 2.21. The van der Waals surface area contributed by atoms with E-state index < -0.39 is 5.97 Å². The molecule has 0 radical (unpaired) electrons. The summed E-state index contributed by atoms with van der Waals surface area (Å²) in [4.78, 5) is 13.4. The minimum Gasteiger partial charge on any atom is -0.480 e. The molecule has 4 nitrogen and oxygen atoms in total. The number of likely N-dealkylation sites (tertiary alicyclic amines) is 1. The first-order chi connectivity index (χ1) is 8.68. The van der Waals surface area contributed by atoms with Crippen LogP contribution >= 0.6 is 0 Å². The summed E-state index contributed by atoms with van der Waals surface area (Å²) in [5.41, 5.74) is 1.10. The molecule has 0 saturated carbocycles. The number of hydrogen-bond acceptors (Lipinski definition) is 3. The van der Waals surface area contributed by atoms with Crippen LogP contribution in [0.25, 0.3) is 0 Å². The zero-order valence-electron chi connectivity index (χ0n) is 10.9. The first-order valence-corrected chi connectivity index (χ1v) is 6.68.